The first-order chi connectivity index (χ1) is 9.76. The number of carboxylic acid groups (broad SMARTS) is 1. The van der Waals surface area contributed by atoms with Gasteiger partial charge < -0.3 is 14.6 Å². The molecule has 1 saturated carbocycles. The molecule has 2 aliphatic heterocycles. The van der Waals surface area contributed by atoms with Gasteiger partial charge in [-0.05, 0) is 6.42 Å². The lowest BCUT2D eigenvalue weighted by molar-refractivity contribution is -0.174. The number of hydrogen-bond donors (Lipinski definition) is 1. The van der Waals surface area contributed by atoms with Crippen molar-refractivity contribution < 1.29 is 29.0 Å². The van der Waals surface area contributed by atoms with Gasteiger partial charge in [0.25, 0.3) is 0 Å². The van der Waals surface area contributed by atoms with Gasteiger partial charge in [-0.25, -0.2) is 9.59 Å². The SMILES string of the molecule is CC1(C)CC23[C@@H](C=C(C(=O)O)[C@@H]2COC(=O)[C@]32CO2)C1=O. The van der Waals surface area contributed by atoms with E-state index in [2.05, 4.69) is 0 Å². The van der Waals surface area contributed by atoms with Gasteiger partial charge in [-0.15, -0.1) is 0 Å². The van der Waals surface area contributed by atoms with E-state index in [1.165, 1.54) is 6.08 Å². The molecule has 0 aromatic carbocycles. The summed E-state index contributed by atoms with van der Waals surface area (Å²) in [5, 5.41) is 9.42. The van der Waals surface area contributed by atoms with Crippen LogP contribution in [0.4, 0.5) is 0 Å². The summed E-state index contributed by atoms with van der Waals surface area (Å²) in [6.07, 6.45) is 1.99. The smallest absolute Gasteiger partial charge is 0.341 e. The van der Waals surface area contributed by atoms with Gasteiger partial charge in [0, 0.05) is 28.2 Å². The van der Waals surface area contributed by atoms with Gasteiger partial charge in [-0.3, -0.25) is 4.79 Å². The molecule has 112 valence electrons. The normalized spacial score (nSPS) is 45.9. The zero-order valence-corrected chi connectivity index (χ0v) is 11.8. The van der Waals surface area contributed by atoms with Crippen molar-refractivity contribution in [1.82, 2.24) is 0 Å². The van der Waals surface area contributed by atoms with Crippen molar-refractivity contribution in [2.75, 3.05) is 13.2 Å². The number of hydrogen-bond acceptors (Lipinski definition) is 5. The predicted molar refractivity (Wildman–Crippen MR) is 68.2 cm³/mol. The van der Waals surface area contributed by atoms with E-state index in [9.17, 15) is 19.5 Å². The number of epoxide rings is 1. The second-order valence-corrected chi connectivity index (χ2v) is 7.14. The first-order valence-corrected chi connectivity index (χ1v) is 7.07. The van der Waals surface area contributed by atoms with E-state index < -0.39 is 40.2 Å². The summed E-state index contributed by atoms with van der Waals surface area (Å²) in [6.45, 7) is 3.93. The van der Waals surface area contributed by atoms with Crippen LogP contribution in [0.2, 0.25) is 0 Å². The summed E-state index contributed by atoms with van der Waals surface area (Å²) < 4.78 is 10.7. The fourth-order valence-electron chi connectivity index (χ4n) is 4.78. The van der Waals surface area contributed by atoms with E-state index in [-0.39, 0.29) is 24.6 Å². The summed E-state index contributed by atoms with van der Waals surface area (Å²) >= 11 is 0. The van der Waals surface area contributed by atoms with Crippen molar-refractivity contribution >= 4 is 17.7 Å². The molecule has 0 bridgehead atoms. The van der Waals surface area contributed by atoms with Crippen LogP contribution in [0, 0.1) is 22.7 Å². The van der Waals surface area contributed by atoms with Crippen molar-refractivity contribution in [3.05, 3.63) is 11.6 Å². The number of carbonyl (C=O) groups is 3. The monoisotopic (exact) mass is 292 g/mol. The van der Waals surface area contributed by atoms with E-state index in [1.54, 1.807) is 0 Å². The molecule has 4 aliphatic rings. The quantitative estimate of drug-likeness (QED) is 0.560. The van der Waals surface area contributed by atoms with Crippen molar-refractivity contribution in [2.24, 2.45) is 22.7 Å². The first kappa shape index (κ1) is 13.0. The number of ether oxygens (including phenoxy) is 2. The van der Waals surface area contributed by atoms with Crippen molar-refractivity contribution in [1.29, 1.82) is 0 Å². The molecule has 1 unspecified atom stereocenters. The minimum Gasteiger partial charge on any atom is -0.478 e. The van der Waals surface area contributed by atoms with Crippen LogP contribution in [0.1, 0.15) is 20.3 Å². The summed E-state index contributed by atoms with van der Waals surface area (Å²) in [6, 6.07) is 0. The van der Waals surface area contributed by atoms with Crippen molar-refractivity contribution in [3.8, 4) is 0 Å². The van der Waals surface area contributed by atoms with Gasteiger partial charge in [0.1, 0.15) is 5.78 Å². The summed E-state index contributed by atoms with van der Waals surface area (Å²) in [7, 11) is 0. The van der Waals surface area contributed by atoms with Crippen LogP contribution >= 0.6 is 0 Å². The van der Waals surface area contributed by atoms with E-state index in [0.29, 0.717) is 6.42 Å². The number of carboxylic acids is 1. The Bertz CT molecular complexity index is 626. The molecule has 0 amide bonds. The highest BCUT2D eigenvalue weighted by molar-refractivity contribution is 6.00. The first-order valence-electron chi connectivity index (χ1n) is 7.07. The zero-order chi connectivity index (χ0) is 15.2. The molecule has 0 aromatic heterocycles. The van der Waals surface area contributed by atoms with Crippen LogP contribution in [0.3, 0.4) is 0 Å². The predicted octanol–water partition coefficient (Wildman–Crippen LogP) is 0.555. The van der Waals surface area contributed by atoms with Crippen molar-refractivity contribution in [3.63, 3.8) is 0 Å². The van der Waals surface area contributed by atoms with Gasteiger partial charge in [0.15, 0.2) is 5.60 Å². The molecule has 6 nitrogen and oxygen atoms in total. The van der Waals surface area contributed by atoms with Crippen LogP contribution in [0.15, 0.2) is 11.6 Å². The second-order valence-electron chi connectivity index (χ2n) is 7.14. The third kappa shape index (κ3) is 1.22. The molecule has 2 saturated heterocycles. The lowest BCUT2D eigenvalue weighted by atomic mass is 9.61. The molecule has 2 heterocycles. The average molecular weight is 292 g/mol. The molecular formula is C15H16O6. The van der Waals surface area contributed by atoms with Crippen molar-refractivity contribution in [2.45, 2.75) is 25.9 Å². The Balaban J connectivity index is 1.93. The zero-order valence-electron chi connectivity index (χ0n) is 11.8. The summed E-state index contributed by atoms with van der Waals surface area (Å²) in [5.74, 6) is -2.54. The topological polar surface area (TPSA) is 93.2 Å². The number of esters is 1. The van der Waals surface area contributed by atoms with E-state index in [0.717, 1.165) is 0 Å². The van der Waals surface area contributed by atoms with Crippen LogP contribution in [-0.4, -0.2) is 41.6 Å². The Labute approximate surface area is 121 Å². The second kappa shape index (κ2) is 3.38. The number of allylic oxidation sites excluding steroid dienone is 1. The maximum Gasteiger partial charge on any atom is 0.341 e. The Kier molecular flexibility index (Phi) is 2.09. The fraction of sp³-hybridized carbons (Fsp3) is 0.667. The lowest BCUT2D eigenvalue weighted by Crippen LogP contribution is -2.56. The number of Topliss-reactive ketones (excluding diaryl/α,β-unsaturated/α-hetero) is 1. The maximum atomic E-state index is 12.7. The number of ketones is 1. The van der Waals surface area contributed by atoms with E-state index in [1.807, 2.05) is 13.8 Å². The van der Waals surface area contributed by atoms with Crippen LogP contribution in [0.25, 0.3) is 0 Å². The van der Waals surface area contributed by atoms with Gasteiger partial charge in [0.2, 0.25) is 0 Å². The Morgan fingerprint density at radius 3 is 2.62 bits per heavy atom. The van der Waals surface area contributed by atoms with E-state index >= 15 is 0 Å². The molecule has 0 radical (unpaired) electrons. The minimum atomic E-state index is -1.13. The molecule has 21 heavy (non-hydrogen) atoms. The molecular weight excluding hydrogens is 276 g/mol. The molecule has 4 rings (SSSR count). The minimum absolute atomic E-state index is 0.00618. The standard InChI is InChI=1S/C15H16O6/c1-13(2)5-14-8(10(13)16)3-7(11(17)18)9(14)4-20-12(19)15(14)6-21-15/h3,8-9H,4-6H2,1-2H3,(H,17,18)/t8-,9-,14?,15+/m0/s1. The van der Waals surface area contributed by atoms with Gasteiger partial charge in [-0.2, -0.15) is 0 Å². The third-order valence-corrected chi connectivity index (χ3v) is 5.73. The fourth-order valence-corrected chi connectivity index (χ4v) is 4.78. The highest BCUT2D eigenvalue weighted by Gasteiger charge is 2.81. The Hall–Kier alpha value is -1.69. The maximum absolute atomic E-state index is 12.7. The number of rotatable bonds is 1. The number of aliphatic carboxylic acids is 1. The third-order valence-electron chi connectivity index (χ3n) is 5.73. The number of cyclic esters (lactones) is 1. The van der Waals surface area contributed by atoms with Gasteiger partial charge in [0.05, 0.1) is 13.2 Å². The average Bonchev–Trinajstić information content (AvgIpc) is 3.08. The summed E-state index contributed by atoms with van der Waals surface area (Å²) in [4.78, 5) is 36.4. The van der Waals surface area contributed by atoms with Crippen LogP contribution < -0.4 is 0 Å². The van der Waals surface area contributed by atoms with Crippen LogP contribution in [0.5, 0.6) is 0 Å². The highest BCUT2D eigenvalue weighted by atomic mass is 16.6. The molecule has 3 fully saturated rings. The highest BCUT2D eigenvalue weighted by Crippen LogP contribution is 2.70. The van der Waals surface area contributed by atoms with Crippen LogP contribution in [-0.2, 0) is 23.9 Å². The van der Waals surface area contributed by atoms with Gasteiger partial charge >= 0.3 is 11.9 Å². The molecule has 0 aromatic rings. The Morgan fingerprint density at radius 2 is 2.05 bits per heavy atom. The molecule has 1 N–H and O–H groups in total. The molecule has 6 heteroatoms. The number of carbonyl (C=O) groups excluding carboxylic acids is 2. The Morgan fingerprint density at radius 1 is 1.38 bits per heavy atom. The van der Waals surface area contributed by atoms with E-state index in [4.69, 9.17) is 9.47 Å². The largest absolute Gasteiger partial charge is 0.478 e. The lowest BCUT2D eigenvalue weighted by Gasteiger charge is -2.44. The molecule has 2 aliphatic carbocycles. The molecule has 2 spiro atoms. The molecule has 4 atom stereocenters. The van der Waals surface area contributed by atoms with Gasteiger partial charge in [-0.1, -0.05) is 19.9 Å². The summed E-state index contributed by atoms with van der Waals surface area (Å²) in [5.41, 5.74) is -2.31.